The van der Waals surface area contributed by atoms with E-state index in [2.05, 4.69) is 28.8 Å². The van der Waals surface area contributed by atoms with Crippen LogP contribution in [0.4, 0.5) is 0 Å². The molecule has 0 saturated carbocycles. The molecule has 0 saturated heterocycles. The number of hydrazone groups is 1. The van der Waals surface area contributed by atoms with E-state index in [4.69, 9.17) is 0 Å². The fourth-order valence-corrected chi connectivity index (χ4v) is 1.34. The van der Waals surface area contributed by atoms with Crippen molar-refractivity contribution < 1.29 is 0 Å². The minimum atomic E-state index is 0.575. The van der Waals surface area contributed by atoms with Gasteiger partial charge in [-0.1, -0.05) is 6.08 Å². The molecular formula is C8H10N2+. The van der Waals surface area contributed by atoms with Gasteiger partial charge < -0.3 is 0 Å². The number of allylic oxidation sites excluding steroid dienone is 3. The fraction of sp³-hybridized carbons (Fsp3) is 0.375. The predicted octanol–water partition coefficient (Wildman–Crippen LogP) is 0.761. The maximum Gasteiger partial charge on any atom is 0.293 e. The van der Waals surface area contributed by atoms with E-state index in [1.165, 1.54) is 18.6 Å². The maximum absolute atomic E-state index is 4.14. The van der Waals surface area contributed by atoms with E-state index >= 15 is 0 Å². The van der Waals surface area contributed by atoms with Crippen molar-refractivity contribution in [2.45, 2.75) is 12.8 Å². The zero-order valence-electron chi connectivity index (χ0n) is 5.75. The topological polar surface area (TPSA) is 26.1 Å². The third-order valence-corrected chi connectivity index (χ3v) is 1.91. The zero-order chi connectivity index (χ0) is 6.81. The van der Waals surface area contributed by atoms with Gasteiger partial charge in [0.05, 0.1) is 12.1 Å². The van der Waals surface area contributed by atoms with Crippen molar-refractivity contribution >= 4 is 5.71 Å². The zero-order valence-corrected chi connectivity index (χ0v) is 5.75. The van der Waals surface area contributed by atoms with Gasteiger partial charge in [0.25, 0.3) is 5.71 Å². The average molecular weight is 134 g/mol. The Hall–Kier alpha value is -1.05. The number of nitrogens with one attached hydrogen (secondary N) is 1. The van der Waals surface area contributed by atoms with Gasteiger partial charge >= 0.3 is 0 Å². The monoisotopic (exact) mass is 134 g/mol. The second-order valence-electron chi connectivity index (χ2n) is 2.61. The molecule has 2 heteroatoms. The summed E-state index contributed by atoms with van der Waals surface area (Å²) in [6.45, 7) is 0. The van der Waals surface area contributed by atoms with Gasteiger partial charge in [0, 0.05) is 6.08 Å². The highest BCUT2D eigenvalue weighted by molar-refractivity contribution is 5.98. The first kappa shape index (κ1) is 5.71. The summed E-state index contributed by atoms with van der Waals surface area (Å²) < 4.78 is 0. The van der Waals surface area contributed by atoms with Crippen LogP contribution in [-0.4, -0.2) is 5.71 Å². The minimum absolute atomic E-state index is 0.575. The summed E-state index contributed by atoms with van der Waals surface area (Å²) in [5.74, 6) is 0.575. The van der Waals surface area contributed by atoms with Crippen LogP contribution in [0.1, 0.15) is 12.8 Å². The molecule has 0 aromatic carbocycles. The molecule has 1 aliphatic heterocycles. The Labute approximate surface area is 60.3 Å². The van der Waals surface area contributed by atoms with Gasteiger partial charge in [-0.3, -0.25) is 0 Å². The Morgan fingerprint density at radius 1 is 1.60 bits per heavy atom. The van der Waals surface area contributed by atoms with Crippen molar-refractivity contribution in [3.8, 4) is 0 Å². The number of hydrogen-bond acceptors (Lipinski definition) is 2. The molecule has 1 atom stereocenters. The van der Waals surface area contributed by atoms with E-state index in [-0.39, 0.29) is 0 Å². The largest absolute Gasteiger partial charge is 0.293 e. The van der Waals surface area contributed by atoms with Crippen LogP contribution in [0.3, 0.4) is 0 Å². The van der Waals surface area contributed by atoms with Crippen molar-refractivity contribution in [1.82, 2.24) is 10.5 Å². The number of nitrogens with zero attached hydrogens (tertiary/aromatic N) is 1. The van der Waals surface area contributed by atoms with Crippen LogP contribution >= 0.6 is 0 Å². The van der Waals surface area contributed by atoms with Crippen molar-refractivity contribution in [2.24, 2.45) is 5.92 Å². The van der Waals surface area contributed by atoms with Crippen LogP contribution in [-0.2, 0) is 0 Å². The van der Waals surface area contributed by atoms with Crippen molar-refractivity contribution in [3.63, 3.8) is 0 Å². The Balaban J connectivity index is 2.26. The van der Waals surface area contributed by atoms with Crippen molar-refractivity contribution in [3.05, 3.63) is 24.4 Å². The van der Waals surface area contributed by atoms with Gasteiger partial charge in [-0.2, -0.15) is 0 Å². The van der Waals surface area contributed by atoms with E-state index in [1.807, 2.05) is 6.20 Å². The Morgan fingerprint density at radius 3 is 3.50 bits per heavy atom. The number of fused-ring (bicyclic) bond motifs is 1. The Kier molecular flexibility index (Phi) is 1.31. The van der Waals surface area contributed by atoms with Crippen LogP contribution < -0.4 is 10.5 Å². The molecule has 2 aliphatic rings. The second-order valence-corrected chi connectivity index (χ2v) is 2.61. The minimum Gasteiger partial charge on any atom is -0.108 e. The van der Waals surface area contributed by atoms with E-state index in [1.54, 1.807) is 0 Å². The molecular weight excluding hydrogens is 124 g/mol. The van der Waals surface area contributed by atoms with Gasteiger partial charge in [-0.05, 0) is 18.9 Å². The SMILES string of the molecule is C1=CC2=[N+]NC=CC2CC1. The van der Waals surface area contributed by atoms with E-state index < -0.39 is 0 Å². The van der Waals surface area contributed by atoms with E-state index in [9.17, 15) is 0 Å². The standard InChI is InChI=1S/C8H10N2/c1-2-4-8-7(3-1)5-6-9-10-8/h2,4-7,9H,1,3H2/q+1. The molecule has 1 N–H and O–H groups in total. The maximum atomic E-state index is 4.14. The first-order valence-electron chi connectivity index (χ1n) is 3.63. The van der Waals surface area contributed by atoms with Crippen LogP contribution in [0.15, 0.2) is 24.4 Å². The summed E-state index contributed by atoms with van der Waals surface area (Å²) in [6.07, 6.45) is 10.8. The molecule has 0 amide bonds. The van der Waals surface area contributed by atoms with Crippen LogP contribution in [0.5, 0.6) is 0 Å². The van der Waals surface area contributed by atoms with Crippen LogP contribution in [0, 0.1) is 5.92 Å². The van der Waals surface area contributed by atoms with E-state index in [0.29, 0.717) is 5.92 Å². The summed E-state index contributed by atoms with van der Waals surface area (Å²) >= 11 is 0. The first-order valence-corrected chi connectivity index (χ1v) is 3.63. The Morgan fingerprint density at radius 2 is 2.60 bits per heavy atom. The van der Waals surface area contributed by atoms with Crippen LogP contribution in [0.25, 0.3) is 0 Å². The normalized spacial score (nSPS) is 28.8. The molecule has 0 aromatic heterocycles. The smallest absolute Gasteiger partial charge is 0.108 e. The molecule has 0 fully saturated rings. The molecule has 2 nitrogen and oxygen atoms in total. The van der Waals surface area contributed by atoms with Gasteiger partial charge in [-0.15, -0.1) is 5.43 Å². The lowest BCUT2D eigenvalue weighted by Crippen LogP contribution is -2.28. The third kappa shape index (κ3) is 0.856. The molecule has 1 aliphatic carbocycles. The number of hydrogen-bond donors (Lipinski definition) is 1. The fourth-order valence-electron chi connectivity index (χ4n) is 1.34. The lowest BCUT2D eigenvalue weighted by molar-refractivity contribution is 0.688. The third-order valence-electron chi connectivity index (χ3n) is 1.91. The highest BCUT2D eigenvalue weighted by Gasteiger charge is 2.24. The Bertz CT molecular complexity index is 213. The van der Waals surface area contributed by atoms with Gasteiger partial charge in [0.15, 0.2) is 5.10 Å². The average Bonchev–Trinajstić information content (AvgIpc) is 2.05. The molecule has 1 heterocycles. The van der Waals surface area contributed by atoms with Gasteiger partial charge in [0.1, 0.15) is 0 Å². The van der Waals surface area contributed by atoms with Crippen molar-refractivity contribution in [2.75, 3.05) is 0 Å². The highest BCUT2D eigenvalue weighted by Crippen LogP contribution is 2.16. The van der Waals surface area contributed by atoms with Gasteiger partial charge in [0.2, 0.25) is 0 Å². The molecule has 0 spiro atoms. The quantitative estimate of drug-likeness (QED) is 0.520. The van der Waals surface area contributed by atoms with Gasteiger partial charge in [-0.25, -0.2) is 0 Å². The lowest BCUT2D eigenvalue weighted by atomic mass is 9.92. The molecule has 2 rings (SSSR count). The summed E-state index contributed by atoms with van der Waals surface area (Å²) in [7, 11) is 0. The molecule has 1 unspecified atom stereocenters. The summed E-state index contributed by atoms with van der Waals surface area (Å²) in [4.78, 5) is 0. The molecule has 0 bridgehead atoms. The summed E-state index contributed by atoms with van der Waals surface area (Å²) in [5.41, 5.74) is 4.01. The van der Waals surface area contributed by atoms with Crippen LogP contribution in [0.2, 0.25) is 0 Å². The summed E-state index contributed by atoms with van der Waals surface area (Å²) in [6, 6.07) is 0. The molecule has 51 valence electrons. The second kappa shape index (κ2) is 2.29. The van der Waals surface area contributed by atoms with Crippen molar-refractivity contribution in [1.29, 1.82) is 0 Å². The highest BCUT2D eigenvalue weighted by atomic mass is 15.3. The lowest BCUT2D eigenvalue weighted by Gasteiger charge is -2.09. The summed E-state index contributed by atoms with van der Waals surface area (Å²) in [5, 5.41) is 4.14. The molecule has 1 radical (unpaired) electrons. The molecule has 0 aromatic rings. The predicted molar refractivity (Wildman–Crippen MR) is 41.3 cm³/mol. The number of rotatable bonds is 0. The van der Waals surface area contributed by atoms with E-state index in [0.717, 1.165) is 0 Å². The molecule has 10 heavy (non-hydrogen) atoms. The first-order chi connectivity index (χ1) is 4.97.